The lowest BCUT2D eigenvalue weighted by Gasteiger charge is -2.18. The molecule has 0 spiro atoms. The number of ether oxygens (including phenoxy) is 1. The fraction of sp³-hybridized carbons (Fsp3) is 0.143. The SMILES string of the molecule is Cn1ccnc1C(NC(=O)/C=C/c1ccc(OC(F)F)cc1)c1ccc(Cl)cc1. The number of carbonyl (C=O) groups excluding carboxylic acids is 1. The van der Waals surface area contributed by atoms with Crippen LogP contribution in [0.4, 0.5) is 8.78 Å². The Morgan fingerprint density at radius 1 is 1.17 bits per heavy atom. The molecule has 1 unspecified atom stereocenters. The van der Waals surface area contributed by atoms with E-state index in [2.05, 4.69) is 15.0 Å². The minimum atomic E-state index is -2.88. The number of rotatable bonds is 7. The maximum atomic E-state index is 12.5. The Labute approximate surface area is 171 Å². The van der Waals surface area contributed by atoms with E-state index in [1.165, 1.54) is 18.2 Å². The van der Waals surface area contributed by atoms with Crippen LogP contribution in [0.1, 0.15) is 23.0 Å². The topological polar surface area (TPSA) is 56.2 Å². The van der Waals surface area contributed by atoms with Gasteiger partial charge in [-0.25, -0.2) is 4.98 Å². The molecule has 1 amide bonds. The average molecular weight is 418 g/mol. The Morgan fingerprint density at radius 3 is 2.45 bits per heavy atom. The van der Waals surface area contributed by atoms with Gasteiger partial charge in [0.05, 0.1) is 0 Å². The number of nitrogens with one attached hydrogen (secondary N) is 1. The van der Waals surface area contributed by atoms with Crippen molar-refractivity contribution in [3.8, 4) is 5.75 Å². The average Bonchev–Trinajstić information content (AvgIpc) is 3.11. The number of halogens is 3. The van der Waals surface area contributed by atoms with Crippen molar-refractivity contribution in [2.45, 2.75) is 12.7 Å². The summed E-state index contributed by atoms with van der Waals surface area (Å²) in [6, 6.07) is 12.7. The smallest absolute Gasteiger partial charge is 0.387 e. The van der Waals surface area contributed by atoms with Crippen LogP contribution in [0.2, 0.25) is 5.02 Å². The van der Waals surface area contributed by atoms with Gasteiger partial charge in [0.2, 0.25) is 5.91 Å². The van der Waals surface area contributed by atoms with E-state index in [0.717, 1.165) is 5.56 Å². The van der Waals surface area contributed by atoms with Crippen molar-refractivity contribution in [2.24, 2.45) is 7.05 Å². The molecule has 1 heterocycles. The molecule has 29 heavy (non-hydrogen) atoms. The molecule has 150 valence electrons. The first-order valence-corrected chi connectivity index (χ1v) is 9.06. The maximum Gasteiger partial charge on any atom is 0.387 e. The molecule has 0 saturated carbocycles. The zero-order valence-corrected chi connectivity index (χ0v) is 16.2. The molecule has 3 rings (SSSR count). The van der Waals surface area contributed by atoms with Crippen molar-refractivity contribution in [2.75, 3.05) is 0 Å². The Bertz CT molecular complexity index is 986. The number of hydrogen-bond donors (Lipinski definition) is 1. The van der Waals surface area contributed by atoms with E-state index in [9.17, 15) is 13.6 Å². The van der Waals surface area contributed by atoms with Gasteiger partial charge in [-0.1, -0.05) is 35.9 Å². The molecule has 0 bridgehead atoms. The zero-order valence-electron chi connectivity index (χ0n) is 15.4. The summed E-state index contributed by atoms with van der Waals surface area (Å²) < 4.78 is 30.5. The lowest BCUT2D eigenvalue weighted by atomic mass is 10.1. The molecule has 8 heteroatoms. The zero-order chi connectivity index (χ0) is 20.8. The van der Waals surface area contributed by atoms with Gasteiger partial charge < -0.3 is 14.6 Å². The third-order valence-electron chi connectivity index (χ3n) is 4.14. The fourth-order valence-corrected chi connectivity index (χ4v) is 2.86. The predicted octanol–water partition coefficient (Wildman–Crippen LogP) is 4.59. The van der Waals surface area contributed by atoms with Crippen molar-refractivity contribution in [3.63, 3.8) is 0 Å². The van der Waals surface area contributed by atoms with Crippen molar-refractivity contribution in [1.29, 1.82) is 0 Å². The van der Waals surface area contributed by atoms with E-state index in [1.54, 1.807) is 42.7 Å². The number of hydrogen-bond acceptors (Lipinski definition) is 3. The molecule has 3 aromatic rings. The van der Waals surface area contributed by atoms with Crippen LogP contribution in [0.5, 0.6) is 5.75 Å². The van der Waals surface area contributed by atoms with Crippen molar-refractivity contribution >= 4 is 23.6 Å². The Hall–Kier alpha value is -3.19. The van der Waals surface area contributed by atoms with Gasteiger partial charge in [0.15, 0.2) is 0 Å². The van der Waals surface area contributed by atoms with Crippen LogP contribution in [0.3, 0.4) is 0 Å². The predicted molar refractivity (Wildman–Crippen MR) is 107 cm³/mol. The summed E-state index contributed by atoms with van der Waals surface area (Å²) in [5.74, 6) is 0.391. The lowest BCUT2D eigenvalue weighted by molar-refractivity contribution is -0.117. The largest absolute Gasteiger partial charge is 0.435 e. The number of aryl methyl sites for hydroxylation is 1. The van der Waals surface area contributed by atoms with Crippen LogP contribution in [-0.4, -0.2) is 22.1 Å². The molecule has 1 N–H and O–H groups in total. The molecule has 2 aromatic carbocycles. The second-order valence-corrected chi connectivity index (χ2v) is 6.61. The molecule has 0 saturated heterocycles. The molecule has 0 aliphatic rings. The Kier molecular flexibility index (Phi) is 6.61. The van der Waals surface area contributed by atoms with Crippen LogP contribution in [0, 0.1) is 0 Å². The summed E-state index contributed by atoms with van der Waals surface area (Å²) in [6.07, 6.45) is 6.40. The third-order valence-corrected chi connectivity index (χ3v) is 4.39. The minimum Gasteiger partial charge on any atom is -0.435 e. The van der Waals surface area contributed by atoms with Crippen LogP contribution in [0.25, 0.3) is 6.08 Å². The first-order valence-electron chi connectivity index (χ1n) is 8.68. The van der Waals surface area contributed by atoms with Crippen molar-refractivity contribution in [1.82, 2.24) is 14.9 Å². The van der Waals surface area contributed by atoms with Crippen LogP contribution in [-0.2, 0) is 11.8 Å². The summed E-state index contributed by atoms with van der Waals surface area (Å²) >= 11 is 5.96. The van der Waals surface area contributed by atoms with Crippen LogP contribution < -0.4 is 10.1 Å². The fourth-order valence-electron chi connectivity index (χ4n) is 2.73. The van der Waals surface area contributed by atoms with Crippen molar-refractivity contribution in [3.05, 3.63) is 89.0 Å². The first-order chi connectivity index (χ1) is 13.9. The second-order valence-electron chi connectivity index (χ2n) is 6.17. The summed E-state index contributed by atoms with van der Waals surface area (Å²) in [5, 5.41) is 3.52. The Balaban J connectivity index is 1.74. The molecule has 0 aliphatic carbocycles. The number of nitrogens with zero attached hydrogens (tertiary/aromatic N) is 2. The van der Waals surface area contributed by atoms with Crippen LogP contribution >= 0.6 is 11.6 Å². The normalized spacial score (nSPS) is 12.3. The molecule has 0 radical (unpaired) electrons. The molecule has 0 fully saturated rings. The first kappa shape index (κ1) is 20.5. The summed E-state index contributed by atoms with van der Waals surface area (Å²) in [6.45, 7) is -2.88. The number of aromatic nitrogens is 2. The summed E-state index contributed by atoms with van der Waals surface area (Å²) in [7, 11) is 1.84. The number of carbonyl (C=O) groups is 1. The van der Waals surface area contributed by atoms with Gasteiger partial charge in [0.1, 0.15) is 17.6 Å². The lowest BCUT2D eigenvalue weighted by Crippen LogP contribution is -2.29. The number of imidazole rings is 1. The van der Waals surface area contributed by atoms with E-state index in [1.807, 2.05) is 23.7 Å². The highest BCUT2D eigenvalue weighted by Crippen LogP contribution is 2.22. The summed E-state index contributed by atoms with van der Waals surface area (Å²) in [5.41, 5.74) is 1.50. The molecular weight excluding hydrogens is 400 g/mol. The van der Waals surface area contributed by atoms with Crippen molar-refractivity contribution < 1.29 is 18.3 Å². The van der Waals surface area contributed by atoms with Gasteiger partial charge in [-0.15, -0.1) is 0 Å². The number of benzene rings is 2. The molecule has 0 aliphatic heterocycles. The van der Waals surface area contributed by atoms with E-state index in [4.69, 9.17) is 11.6 Å². The molecule has 1 aromatic heterocycles. The van der Waals surface area contributed by atoms with Gasteiger partial charge in [-0.3, -0.25) is 4.79 Å². The van der Waals surface area contributed by atoms with E-state index < -0.39 is 12.7 Å². The molecule has 1 atom stereocenters. The highest BCUT2D eigenvalue weighted by molar-refractivity contribution is 6.30. The standard InChI is InChI=1S/C21H18ClF2N3O2/c1-27-13-12-25-20(27)19(15-5-7-16(22)8-6-15)26-18(28)11-4-14-2-9-17(10-3-14)29-21(23)24/h2-13,19,21H,1H3,(H,26,28)/b11-4+. The van der Waals surface area contributed by atoms with E-state index in [-0.39, 0.29) is 11.7 Å². The monoisotopic (exact) mass is 417 g/mol. The quantitative estimate of drug-likeness (QED) is 0.572. The summed E-state index contributed by atoms with van der Waals surface area (Å²) in [4.78, 5) is 16.8. The van der Waals surface area contributed by atoms with Gasteiger partial charge in [0, 0.05) is 30.5 Å². The minimum absolute atomic E-state index is 0.0548. The molecule has 5 nitrogen and oxygen atoms in total. The maximum absolute atomic E-state index is 12.5. The van der Waals surface area contributed by atoms with Gasteiger partial charge >= 0.3 is 6.61 Å². The number of alkyl halides is 2. The Morgan fingerprint density at radius 2 is 1.86 bits per heavy atom. The van der Waals surface area contributed by atoms with E-state index >= 15 is 0 Å². The van der Waals surface area contributed by atoms with Crippen LogP contribution in [0.15, 0.2) is 67.0 Å². The van der Waals surface area contributed by atoms with Gasteiger partial charge in [-0.2, -0.15) is 8.78 Å². The van der Waals surface area contributed by atoms with Gasteiger partial charge in [0.25, 0.3) is 0 Å². The highest BCUT2D eigenvalue weighted by atomic mass is 35.5. The van der Waals surface area contributed by atoms with E-state index in [0.29, 0.717) is 16.4 Å². The molecular formula is C21H18ClF2N3O2. The third kappa shape index (κ3) is 5.65. The number of amides is 1. The van der Waals surface area contributed by atoms with Gasteiger partial charge in [-0.05, 0) is 41.5 Å². The second kappa shape index (κ2) is 9.34. The highest BCUT2D eigenvalue weighted by Gasteiger charge is 2.19.